The molecule has 6 heteroatoms. The van der Waals surface area contributed by atoms with E-state index in [1.54, 1.807) is 6.20 Å². The average molecular weight is 291 g/mol. The molecule has 1 aliphatic carbocycles. The van der Waals surface area contributed by atoms with Gasteiger partial charge in [0.2, 0.25) is 5.91 Å². The van der Waals surface area contributed by atoms with E-state index in [-0.39, 0.29) is 12.5 Å². The van der Waals surface area contributed by atoms with Crippen molar-refractivity contribution in [3.63, 3.8) is 0 Å². The molecule has 1 aromatic heterocycles. The highest BCUT2D eigenvalue weighted by Gasteiger charge is 2.42. The highest BCUT2D eigenvalue weighted by molar-refractivity contribution is 5.88. The summed E-state index contributed by atoms with van der Waals surface area (Å²) in [4.78, 5) is 29.5. The zero-order valence-corrected chi connectivity index (χ0v) is 12.2. The molecule has 1 heterocycles. The van der Waals surface area contributed by atoms with Crippen molar-refractivity contribution in [1.82, 2.24) is 15.2 Å². The molecule has 21 heavy (non-hydrogen) atoms. The van der Waals surface area contributed by atoms with Gasteiger partial charge in [-0.1, -0.05) is 18.9 Å². The molecule has 114 valence electrons. The van der Waals surface area contributed by atoms with E-state index in [4.69, 9.17) is 0 Å². The lowest BCUT2D eigenvalue weighted by Gasteiger charge is -2.26. The molecule has 2 N–H and O–H groups in total. The first-order valence-corrected chi connectivity index (χ1v) is 7.15. The van der Waals surface area contributed by atoms with Crippen LogP contribution in [0.2, 0.25) is 0 Å². The number of rotatable bonds is 6. The number of amides is 1. The van der Waals surface area contributed by atoms with Crippen LogP contribution in [-0.2, 0) is 16.1 Å². The number of pyridine rings is 1. The average Bonchev–Trinajstić information content (AvgIpc) is 2.89. The standard InChI is InChI=1S/C15H21N3O3/c1-18(10-12-6-2-5-9-16-12)11-13(19)17-15(14(20)21)7-3-4-8-15/h2,5-6,9H,3-4,7-8,10-11H2,1H3,(H,17,19)(H,20,21). The van der Waals surface area contributed by atoms with Crippen molar-refractivity contribution in [1.29, 1.82) is 0 Å². The molecule has 0 aliphatic heterocycles. The molecule has 0 bridgehead atoms. The van der Waals surface area contributed by atoms with Crippen LogP contribution in [0.1, 0.15) is 31.4 Å². The highest BCUT2D eigenvalue weighted by Crippen LogP contribution is 2.29. The normalized spacial score (nSPS) is 16.9. The van der Waals surface area contributed by atoms with Crippen LogP contribution >= 0.6 is 0 Å². The molecule has 2 rings (SSSR count). The van der Waals surface area contributed by atoms with Crippen LogP contribution in [0, 0.1) is 0 Å². The molecule has 1 fully saturated rings. The van der Waals surface area contributed by atoms with Gasteiger partial charge in [-0.05, 0) is 32.0 Å². The smallest absolute Gasteiger partial charge is 0.329 e. The van der Waals surface area contributed by atoms with Gasteiger partial charge in [0, 0.05) is 12.7 Å². The fraction of sp³-hybridized carbons (Fsp3) is 0.533. The Hall–Kier alpha value is -1.95. The van der Waals surface area contributed by atoms with Crippen LogP contribution in [0.25, 0.3) is 0 Å². The van der Waals surface area contributed by atoms with Crippen molar-refractivity contribution in [3.05, 3.63) is 30.1 Å². The van der Waals surface area contributed by atoms with Gasteiger partial charge in [0.15, 0.2) is 0 Å². The predicted octanol–water partition coefficient (Wildman–Crippen LogP) is 1.03. The van der Waals surface area contributed by atoms with Gasteiger partial charge < -0.3 is 10.4 Å². The monoisotopic (exact) mass is 291 g/mol. The number of hydrogen-bond donors (Lipinski definition) is 2. The maximum Gasteiger partial charge on any atom is 0.329 e. The third kappa shape index (κ3) is 4.01. The number of carboxylic acids is 1. The van der Waals surface area contributed by atoms with Gasteiger partial charge in [-0.3, -0.25) is 14.7 Å². The number of nitrogens with zero attached hydrogens (tertiary/aromatic N) is 2. The van der Waals surface area contributed by atoms with Crippen LogP contribution in [0.3, 0.4) is 0 Å². The summed E-state index contributed by atoms with van der Waals surface area (Å²) in [7, 11) is 1.82. The van der Waals surface area contributed by atoms with Gasteiger partial charge in [-0.25, -0.2) is 4.79 Å². The molecular formula is C15H21N3O3. The number of nitrogens with one attached hydrogen (secondary N) is 1. The van der Waals surface area contributed by atoms with Crippen molar-refractivity contribution in [2.45, 2.75) is 37.8 Å². The minimum absolute atomic E-state index is 0.158. The Morgan fingerprint density at radius 2 is 2.10 bits per heavy atom. The largest absolute Gasteiger partial charge is 0.480 e. The lowest BCUT2D eigenvalue weighted by molar-refractivity contribution is -0.147. The van der Waals surface area contributed by atoms with Crippen molar-refractivity contribution >= 4 is 11.9 Å². The molecule has 6 nitrogen and oxygen atoms in total. The van der Waals surface area contributed by atoms with Crippen LogP contribution < -0.4 is 5.32 Å². The summed E-state index contributed by atoms with van der Waals surface area (Å²) in [5.74, 6) is -1.18. The van der Waals surface area contributed by atoms with E-state index >= 15 is 0 Å². The second kappa shape index (κ2) is 6.67. The van der Waals surface area contributed by atoms with Crippen molar-refractivity contribution < 1.29 is 14.7 Å². The molecule has 0 unspecified atom stereocenters. The fourth-order valence-electron chi connectivity index (χ4n) is 2.75. The van der Waals surface area contributed by atoms with Gasteiger partial charge in [-0.2, -0.15) is 0 Å². The third-order valence-electron chi connectivity index (χ3n) is 3.82. The zero-order valence-electron chi connectivity index (χ0n) is 12.2. The van der Waals surface area contributed by atoms with Crippen LogP contribution in [-0.4, -0.2) is 46.0 Å². The molecule has 1 amide bonds. The molecular weight excluding hydrogens is 270 g/mol. The minimum Gasteiger partial charge on any atom is -0.480 e. The van der Waals surface area contributed by atoms with Gasteiger partial charge in [0.05, 0.1) is 12.2 Å². The summed E-state index contributed by atoms with van der Waals surface area (Å²) in [5.41, 5.74) is -0.190. The van der Waals surface area contributed by atoms with Crippen molar-refractivity contribution in [2.24, 2.45) is 0 Å². The topological polar surface area (TPSA) is 82.5 Å². The lowest BCUT2D eigenvalue weighted by atomic mass is 9.98. The van der Waals surface area contributed by atoms with E-state index in [1.165, 1.54) is 0 Å². The Bertz CT molecular complexity index is 498. The number of carbonyl (C=O) groups excluding carboxylic acids is 1. The molecule has 1 saturated carbocycles. The first-order valence-electron chi connectivity index (χ1n) is 7.15. The molecule has 0 spiro atoms. The Labute approximate surface area is 124 Å². The highest BCUT2D eigenvalue weighted by atomic mass is 16.4. The number of hydrogen-bond acceptors (Lipinski definition) is 4. The molecule has 0 radical (unpaired) electrons. The van der Waals surface area contributed by atoms with E-state index in [0.717, 1.165) is 18.5 Å². The molecule has 1 aliphatic rings. The van der Waals surface area contributed by atoms with E-state index in [0.29, 0.717) is 19.4 Å². The number of aromatic nitrogens is 1. The number of carboxylic acid groups (broad SMARTS) is 1. The summed E-state index contributed by atoms with van der Waals surface area (Å²) in [6.45, 7) is 0.708. The van der Waals surface area contributed by atoms with E-state index in [2.05, 4.69) is 10.3 Å². The fourth-order valence-corrected chi connectivity index (χ4v) is 2.75. The second-order valence-corrected chi connectivity index (χ2v) is 5.64. The predicted molar refractivity (Wildman–Crippen MR) is 77.5 cm³/mol. The summed E-state index contributed by atoms with van der Waals surface area (Å²) >= 11 is 0. The van der Waals surface area contributed by atoms with Gasteiger partial charge in [0.25, 0.3) is 0 Å². The van der Waals surface area contributed by atoms with E-state index in [9.17, 15) is 14.7 Å². The number of likely N-dealkylation sites (N-methyl/N-ethyl adjacent to an activating group) is 1. The van der Waals surface area contributed by atoms with E-state index in [1.807, 2.05) is 30.1 Å². The summed E-state index contributed by atoms with van der Waals surface area (Å²) in [6.07, 6.45) is 4.42. The van der Waals surface area contributed by atoms with Crippen LogP contribution in [0.5, 0.6) is 0 Å². The third-order valence-corrected chi connectivity index (χ3v) is 3.82. The van der Waals surface area contributed by atoms with Gasteiger partial charge >= 0.3 is 5.97 Å². The van der Waals surface area contributed by atoms with Gasteiger partial charge in [-0.15, -0.1) is 0 Å². The Balaban J connectivity index is 1.87. The number of aliphatic carboxylic acids is 1. The first kappa shape index (κ1) is 15.4. The quantitative estimate of drug-likeness (QED) is 0.818. The molecule has 0 atom stereocenters. The van der Waals surface area contributed by atoms with Crippen LogP contribution in [0.15, 0.2) is 24.4 Å². The molecule has 1 aromatic rings. The second-order valence-electron chi connectivity index (χ2n) is 5.64. The van der Waals surface area contributed by atoms with E-state index < -0.39 is 11.5 Å². The zero-order chi connectivity index (χ0) is 15.3. The maximum absolute atomic E-state index is 12.1. The Kier molecular flexibility index (Phi) is 4.90. The summed E-state index contributed by atoms with van der Waals surface area (Å²) < 4.78 is 0. The molecule has 0 aromatic carbocycles. The SMILES string of the molecule is CN(CC(=O)NC1(C(=O)O)CCCC1)Cc1ccccn1. The minimum atomic E-state index is -1.07. The lowest BCUT2D eigenvalue weighted by Crippen LogP contribution is -2.54. The van der Waals surface area contributed by atoms with Crippen LogP contribution in [0.4, 0.5) is 0 Å². The Morgan fingerprint density at radius 1 is 1.38 bits per heavy atom. The summed E-state index contributed by atoms with van der Waals surface area (Å²) in [5, 5.41) is 12.1. The maximum atomic E-state index is 12.1. The first-order chi connectivity index (χ1) is 10.0. The summed E-state index contributed by atoms with van der Waals surface area (Å²) in [6, 6.07) is 5.63. The molecule has 0 saturated heterocycles. The van der Waals surface area contributed by atoms with Gasteiger partial charge in [0.1, 0.15) is 5.54 Å². The van der Waals surface area contributed by atoms with Crippen molar-refractivity contribution in [3.8, 4) is 0 Å². The Morgan fingerprint density at radius 3 is 2.67 bits per heavy atom. The number of carbonyl (C=O) groups is 2. The van der Waals surface area contributed by atoms with Crippen molar-refractivity contribution in [2.75, 3.05) is 13.6 Å².